The third-order valence-electron chi connectivity index (χ3n) is 4.29. The van der Waals surface area contributed by atoms with Gasteiger partial charge in [0.1, 0.15) is 0 Å². The smallest absolute Gasteiger partial charge is 0.0642 e. The van der Waals surface area contributed by atoms with E-state index in [1.54, 1.807) is 0 Å². The van der Waals surface area contributed by atoms with Gasteiger partial charge in [-0.05, 0) is 62.9 Å². The van der Waals surface area contributed by atoms with Crippen LogP contribution in [0.1, 0.15) is 30.9 Å². The van der Waals surface area contributed by atoms with Crippen LogP contribution in [-0.4, -0.2) is 25.7 Å². The molecule has 3 rings (SSSR count). The number of rotatable bonds is 1. The van der Waals surface area contributed by atoms with Crippen molar-refractivity contribution in [2.45, 2.75) is 38.6 Å². The monoisotopic (exact) mass is 264 g/mol. The summed E-state index contributed by atoms with van der Waals surface area (Å²) in [7, 11) is 0. The zero-order valence-corrected chi connectivity index (χ0v) is 11.8. The van der Waals surface area contributed by atoms with Crippen molar-refractivity contribution in [1.29, 1.82) is 0 Å². The van der Waals surface area contributed by atoms with Gasteiger partial charge in [0.15, 0.2) is 0 Å². The number of nitrogens with zero attached hydrogens (tertiary/aromatic N) is 1. The highest BCUT2D eigenvalue weighted by atomic mass is 35.5. The van der Waals surface area contributed by atoms with E-state index < -0.39 is 0 Å². The van der Waals surface area contributed by atoms with Crippen molar-refractivity contribution in [3.8, 4) is 0 Å². The first-order valence-corrected chi connectivity index (χ1v) is 7.43. The van der Waals surface area contributed by atoms with Gasteiger partial charge >= 0.3 is 0 Å². The lowest BCUT2D eigenvalue weighted by atomic mass is 9.99. The zero-order valence-electron chi connectivity index (χ0n) is 11.0. The number of anilines is 1. The molecule has 1 fully saturated rings. The number of halogens is 1. The Bertz CT molecular complexity index is 444. The van der Waals surface area contributed by atoms with Crippen LogP contribution in [0.5, 0.6) is 0 Å². The third kappa shape index (κ3) is 2.12. The lowest BCUT2D eigenvalue weighted by molar-refractivity contribution is 0.707. The molecule has 0 aromatic heterocycles. The molecule has 0 bridgehead atoms. The normalized spacial score (nSPS) is 23.9. The van der Waals surface area contributed by atoms with Gasteiger partial charge in [-0.1, -0.05) is 17.7 Å². The van der Waals surface area contributed by atoms with Gasteiger partial charge in [-0.2, -0.15) is 0 Å². The molecule has 2 nitrogen and oxygen atoms in total. The van der Waals surface area contributed by atoms with Crippen LogP contribution in [-0.2, 0) is 12.8 Å². The Kier molecular flexibility index (Phi) is 3.49. The van der Waals surface area contributed by atoms with E-state index in [1.165, 1.54) is 29.7 Å². The number of hydrogen-bond donors (Lipinski definition) is 1. The van der Waals surface area contributed by atoms with Crippen LogP contribution in [0.3, 0.4) is 0 Å². The van der Waals surface area contributed by atoms with Crippen molar-refractivity contribution in [3.05, 3.63) is 28.3 Å². The molecule has 1 unspecified atom stereocenters. The molecule has 1 saturated heterocycles. The average Bonchev–Trinajstić information content (AvgIpc) is 2.64. The third-order valence-corrected chi connectivity index (χ3v) is 4.60. The van der Waals surface area contributed by atoms with Crippen LogP contribution in [0.2, 0.25) is 5.02 Å². The molecule has 1 aromatic rings. The van der Waals surface area contributed by atoms with Crippen LogP contribution >= 0.6 is 11.6 Å². The first kappa shape index (κ1) is 12.3. The fourth-order valence-electron chi connectivity index (χ4n) is 3.30. The molecule has 18 heavy (non-hydrogen) atoms. The van der Waals surface area contributed by atoms with Gasteiger partial charge in [0, 0.05) is 12.6 Å². The minimum Gasteiger partial charge on any atom is -0.367 e. The van der Waals surface area contributed by atoms with Crippen LogP contribution in [0.4, 0.5) is 5.69 Å². The van der Waals surface area contributed by atoms with Crippen LogP contribution < -0.4 is 10.2 Å². The molecule has 0 radical (unpaired) electrons. The van der Waals surface area contributed by atoms with E-state index in [1.807, 2.05) is 0 Å². The molecular weight excluding hydrogens is 244 g/mol. The Balaban J connectivity index is 2.06. The maximum absolute atomic E-state index is 6.50. The van der Waals surface area contributed by atoms with E-state index in [2.05, 4.69) is 29.3 Å². The second-order valence-electron chi connectivity index (χ2n) is 5.47. The van der Waals surface area contributed by atoms with E-state index in [9.17, 15) is 0 Å². The Hall–Kier alpha value is -0.730. The maximum atomic E-state index is 6.50. The summed E-state index contributed by atoms with van der Waals surface area (Å²) < 4.78 is 0. The highest BCUT2D eigenvalue weighted by Gasteiger charge is 2.26. The first-order chi connectivity index (χ1) is 8.77. The lowest BCUT2D eigenvalue weighted by Crippen LogP contribution is -2.28. The van der Waals surface area contributed by atoms with Crippen LogP contribution in [0, 0.1) is 0 Å². The lowest BCUT2D eigenvalue weighted by Gasteiger charge is -2.28. The van der Waals surface area contributed by atoms with E-state index in [0.717, 1.165) is 37.5 Å². The Morgan fingerprint density at radius 1 is 1.28 bits per heavy atom. The summed E-state index contributed by atoms with van der Waals surface area (Å²) in [5, 5.41) is 4.42. The SMILES string of the molecule is CC1CCCN1c1c(Cl)ccc2c1CCNCC2. The molecule has 3 heteroatoms. The van der Waals surface area contributed by atoms with E-state index in [-0.39, 0.29) is 0 Å². The summed E-state index contributed by atoms with van der Waals surface area (Å²) in [4.78, 5) is 2.52. The minimum atomic E-state index is 0.630. The molecule has 2 heterocycles. The van der Waals surface area contributed by atoms with Crippen molar-refractivity contribution in [2.75, 3.05) is 24.5 Å². The minimum absolute atomic E-state index is 0.630. The highest BCUT2D eigenvalue weighted by Crippen LogP contribution is 2.37. The largest absolute Gasteiger partial charge is 0.367 e. The molecule has 0 aliphatic carbocycles. The van der Waals surface area contributed by atoms with Gasteiger partial charge in [0.05, 0.1) is 10.7 Å². The van der Waals surface area contributed by atoms with Gasteiger partial charge in [0.25, 0.3) is 0 Å². The van der Waals surface area contributed by atoms with Crippen molar-refractivity contribution in [3.63, 3.8) is 0 Å². The van der Waals surface area contributed by atoms with Gasteiger partial charge < -0.3 is 10.2 Å². The van der Waals surface area contributed by atoms with Crippen molar-refractivity contribution >= 4 is 17.3 Å². The number of fused-ring (bicyclic) bond motifs is 1. The predicted octanol–water partition coefficient (Wildman–Crippen LogP) is 3.02. The summed E-state index contributed by atoms with van der Waals surface area (Å²) in [6, 6.07) is 4.94. The van der Waals surface area contributed by atoms with Crippen molar-refractivity contribution < 1.29 is 0 Å². The molecule has 1 N–H and O–H groups in total. The quantitative estimate of drug-likeness (QED) is 0.839. The molecule has 98 valence electrons. The summed E-state index contributed by atoms with van der Waals surface area (Å²) in [5.74, 6) is 0. The second-order valence-corrected chi connectivity index (χ2v) is 5.88. The fourth-order valence-corrected chi connectivity index (χ4v) is 3.59. The van der Waals surface area contributed by atoms with Gasteiger partial charge in [-0.15, -0.1) is 0 Å². The Morgan fingerprint density at radius 2 is 2.11 bits per heavy atom. The molecule has 2 aliphatic rings. The van der Waals surface area contributed by atoms with Gasteiger partial charge in [-0.3, -0.25) is 0 Å². The molecule has 0 amide bonds. The molecule has 0 spiro atoms. The zero-order chi connectivity index (χ0) is 12.5. The number of hydrogen-bond acceptors (Lipinski definition) is 2. The molecule has 0 saturated carbocycles. The van der Waals surface area contributed by atoms with Crippen molar-refractivity contribution in [1.82, 2.24) is 5.32 Å². The van der Waals surface area contributed by atoms with Crippen LogP contribution in [0.15, 0.2) is 12.1 Å². The Labute approximate surface area is 114 Å². The number of benzene rings is 1. The van der Waals surface area contributed by atoms with Crippen LogP contribution in [0.25, 0.3) is 0 Å². The summed E-state index contributed by atoms with van der Waals surface area (Å²) in [6.07, 6.45) is 4.81. The maximum Gasteiger partial charge on any atom is 0.0642 e. The highest BCUT2D eigenvalue weighted by molar-refractivity contribution is 6.33. The fraction of sp³-hybridized carbons (Fsp3) is 0.600. The standard InChI is InChI=1S/C15H21ClN2/c1-11-3-2-10-18(11)15-13-7-9-17-8-6-12(13)4-5-14(15)16/h4-5,11,17H,2-3,6-10H2,1H3. The number of nitrogens with one attached hydrogen (secondary N) is 1. The summed E-state index contributed by atoms with van der Waals surface area (Å²) >= 11 is 6.50. The molecule has 1 atom stereocenters. The van der Waals surface area contributed by atoms with Crippen molar-refractivity contribution in [2.24, 2.45) is 0 Å². The second kappa shape index (κ2) is 5.10. The first-order valence-electron chi connectivity index (χ1n) is 7.05. The topological polar surface area (TPSA) is 15.3 Å². The average molecular weight is 265 g/mol. The molecular formula is C15H21ClN2. The molecule has 2 aliphatic heterocycles. The van der Waals surface area contributed by atoms with E-state index in [4.69, 9.17) is 11.6 Å². The summed E-state index contributed by atoms with van der Waals surface area (Å²) in [6.45, 7) is 5.63. The van der Waals surface area contributed by atoms with E-state index >= 15 is 0 Å². The van der Waals surface area contributed by atoms with Gasteiger partial charge in [-0.25, -0.2) is 0 Å². The summed E-state index contributed by atoms with van der Waals surface area (Å²) in [5.41, 5.74) is 4.29. The predicted molar refractivity (Wildman–Crippen MR) is 77.8 cm³/mol. The molecule has 1 aromatic carbocycles. The Morgan fingerprint density at radius 3 is 2.89 bits per heavy atom. The van der Waals surface area contributed by atoms with E-state index in [0.29, 0.717) is 6.04 Å². The van der Waals surface area contributed by atoms with Gasteiger partial charge in [0.2, 0.25) is 0 Å².